The summed E-state index contributed by atoms with van der Waals surface area (Å²) in [5.74, 6) is -0.944. The van der Waals surface area contributed by atoms with E-state index in [9.17, 15) is 9.18 Å². The molecule has 0 aliphatic carbocycles. The Morgan fingerprint density at radius 3 is 3.07 bits per heavy atom. The van der Waals surface area contributed by atoms with Crippen molar-refractivity contribution in [1.29, 1.82) is 0 Å². The van der Waals surface area contributed by atoms with Crippen LogP contribution in [0.3, 0.4) is 0 Å². The maximum atomic E-state index is 13.3. The molecule has 11 heteroatoms. The molecule has 28 heavy (non-hydrogen) atoms. The van der Waals surface area contributed by atoms with E-state index in [0.717, 1.165) is 42.8 Å². The molecule has 0 spiro atoms. The van der Waals surface area contributed by atoms with Crippen molar-refractivity contribution in [2.24, 2.45) is 0 Å². The topological polar surface area (TPSA) is 124 Å². The van der Waals surface area contributed by atoms with Gasteiger partial charge in [-0.15, -0.1) is 5.10 Å². The van der Waals surface area contributed by atoms with Crippen LogP contribution in [0.25, 0.3) is 5.65 Å². The average Bonchev–Trinajstić information content (AvgIpc) is 2.98. The number of halogens is 1. The van der Waals surface area contributed by atoms with Gasteiger partial charge in [-0.3, -0.25) is 4.79 Å². The largest absolute Gasteiger partial charge is 0.471 e. The summed E-state index contributed by atoms with van der Waals surface area (Å²) in [5, 5.41) is 6.62. The summed E-state index contributed by atoms with van der Waals surface area (Å²) >= 11 is 0. The van der Waals surface area contributed by atoms with Gasteiger partial charge in [0.2, 0.25) is 5.88 Å². The normalized spacial score (nSPS) is 17.6. The number of ether oxygens (including phenoxy) is 1. The van der Waals surface area contributed by atoms with Crippen LogP contribution in [0.15, 0.2) is 24.9 Å². The van der Waals surface area contributed by atoms with Crippen molar-refractivity contribution in [3.8, 4) is 5.88 Å². The zero-order chi connectivity index (χ0) is 19.7. The standard InChI is InChI=1S/C17H19FN8O2/c1-25-4-2-3-11(8-25)28-17-12(6-20-9-22-17)23-16(27)13-14(19)24-26-7-10(18)5-21-15(13)26/h5-7,9,11H,2-4,8H2,1H3,(H2,19,24)(H,23,27). The maximum absolute atomic E-state index is 13.3. The number of anilines is 2. The van der Waals surface area contributed by atoms with Crippen LogP contribution in [0.5, 0.6) is 5.88 Å². The van der Waals surface area contributed by atoms with E-state index in [4.69, 9.17) is 10.5 Å². The molecule has 1 aliphatic heterocycles. The first-order valence-corrected chi connectivity index (χ1v) is 8.77. The summed E-state index contributed by atoms with van der Waals surface area (Å²) in [6.45, 7) is 1.79. The molecule has 10 nitrogen and oxygen atoms in total. The summed E-state index contributed by atoms with van der Waals surface area (Å²) in [7, 11) is 2.03. The SMILES string of the molecule is CN1CCCC(Oc2ncncc2NC(=O)c2c(N)nn3cc(F)cnc23)C1. The smallest absolute Gasteiger partial charge is 0.263 e. The molecule has 1 unspecified atom stereocenters. The second-order valence-electron chi connectivity index (χ2n) is 6.64. The number of piperidine rings is 1. The molecule has 0 aromatic carbocycles. The number of likely N-dealkylation sites (tertiary alicyclic amines) is 1. The minimum Gasteiger partial charge on any atom is -0.471 e. The lowest BCUT2D eigenvalue weighted by Crippen LogP contribution is -2.38. The Morgan fingerprint density at radius 1 is 1.39 bits per heavy atom. The molecule has 0 bridgehead atoms. The number of likely N-dealkylation sites (N-methyl/N-ethyl adjacent to an activating group) is 1. The van der Waals surface area contributed by atoms with E-state index in [1.807, 2.05) is 7.05 Å². The average molecular weight is 386 g/mol. The lowest BCUT2D eigenvalue weighted by molar-refractivity contribution is 0.0985. The molecule has 1 fully saturated rings. The molecule has 146 valence electrons. The van der Waals surface area contributed by atoms with Gasteiger partial charge in [0, 0.05) is 6.54 Å². The summed E-state index contributed by atoms with van der Waals surface area (Å²) < 4.78 is 20.4. The lowest BCUT2D eigenvalue weighted by Gasteiger charge is -2.29. The molecule has 1 atom stereocenters. The van der Waals surface area contributed by atoms with Crippen LogP contribution < -0.4 is 15.8 Å². The number of amides is 1. The summed E-state index contributed by atoms with van der Waals surface area (Å²) in [6, 6.07) is 0. The van der Waals surface area contributed by atoms with Crippen LogP contribution in [0.2, 0.25) is 0 Å². The Balaban J connectivity index is 1.58. The Morgan fingerprint density at radius 2 is 2.25 bits per heavy atom. The number of hydrogen-bond acceptors (Lipinski definition) is 8. The van der Waals surface area contributed by atoms with Gasteiger partial charge in [0.05, 0.1) is 18.6 Å². The molecule has 3 N–H and O–H groups in total. The van der Waals surface area contributed by atoms with E-state index in [1.54, 1.807) is 0 Å². The van der Waals surface area contributed by atoms with Gasteiger partial charge in [-0.1, -0.05) is 0 Å². The van der Waals surface area contributed by atoms with Gasteiger partial charge in [-0.25, -0.2) is 18.9 Å². The number of nitrogen functional groups attached to an aromatic ring is 1. The molecule has 0 saturated carbocycles. The predicted octanol–water partition coefficient (Wildman–Crippen LogP) is 0.966. The predicted molar refractivity (Wildman–Crippen MR) is 98.5 cm³/mol. The van der Waals surface area contributed by atoms with Crippen molar-refractivity contribution in [2.45, 2.75) is 18.9 Å². The first kappa shape index (κ1) is 18.0. The van der Waals surface area contributed by atoms with Crippen molar-refractivity contribution in [3.63, 3.8) is 0 Å². The Hall–Kier alpha value is -3.34. The third kappa shape index (κ3) is 3.56. The molecule has 1 aliphatic rings. The highest BCUT2D eigenvalue weighted by Crippen LogP contribution is 2.25. The first-order chi connectivity index (χ1) is 13.5. The van der Waals surface area contributed by atoms with Crippen LogP contribution in [-0.4, -0.2) is 61.6 Å². The van der Waals surface area contributed by atoms with Gasteiger partial charge in [0.1, 0.15) is 23.7 Å². The van der Waals surface area contributed by atoms with E-state index in [-0.39, 0.29) is 29.0 Å². The van der Waals surface area contributed by atoms with Crippen LogP contribution in [0.1, 0.15) is 23.2 Å². The number of carbonyl (C=O) groups is 1. The van der Waals surface area contributed by atoms with Gasteiger partial charge in [-0.05, 0) is 26.4 Å². The number of hydrogen-bond donors (Lipinski definition) is 2. The number of nitrogens with zero attached hydrogens (tertiary/aromatic N) is 6. The first-order valence-electron chi connectivity index (χ1n) is 8.77. The minimum absolute atomic E-state index is 0.0315. The molecule has 0 radical (unpaired) electrons. The van der Waals surface area contributed by atoms with E-state index in [2.05, 4.69) is 30.3 Å². The Kier molecular flexibility index (Phi) is 4.74. The Labute approximate surface area is 159 Å². The lowest BCUT2D eigenvalue weighted by atomic mass is 10.1. The van der Waals surface area contributed by atoms with Gasteiger partial charge in [-0.2, -0.15) is 4.98 Å². The zero-order valence-electron chi connectivity index (χ0n) is 15.2. The number of rotatable bonds is 4. The molecule has 1 amide bonds. The highest BCUT2D eigenvalue weighted by molar-refractivity contribution is 6.11. The van der Waals surface area contributed by atoms with Crippen LogP contribution in [0, 0.1) is 5.82 Å². The van der Waals surface area contributed by atoms with Crippen molar-refractivity contribution in [3.05, 3.63) is 36.3 Å². The molecule has 4 heterocycles. The second-order valence-corrected chi connectivity index (χ2v) is 6.64. The van der Waals surface area contributed by atoms with Crippen molar-refractivity contribution in [2.75, 3.05) is 31.2 Å². The molecular formula is C17H19FN8O2. The number of fused-ring (bicyclic) bond motifs is 1. The quantitative estimate of drug-likeness (QED) is 0.680. The fourth-order valence-corrected chi connectivity index (χ4v) is 3.20. The minimum atomic E-state index is -0.591. The van der Waals surface area contributed by atoms with E-state index < -0.39 is 11.7 Å². The fourth-order valence-electron chi connectivity index (χ4n) is 3.20. The van der Waals surface area contributed by atoms with Crippen LogP contribution >= 0.6 is 0 Å². The summed E-state index contributed by atoms with van der Waals surface area (Å²) in [4.78, 5) is 27.0. The van der Waals surface area contributed by atoms with Crippen molar-refractivity contribution < 1.29 is 13.9 Å². The Bertz CT molecular complexity index is 1020. The van der Waals surface area contributed by atoms with Crippen molar-refractivity contribution >= 4 is 23.1 Å². The highest BCUT2D eigenvalue weighted by atomic mass is 19.1. The van der Waals surface area contributed by atoms with Crippen LogP contribution in [0.4, 0.5) is 15.9 Å². The number of nitrogens with one attached hydrogen (secondary N) is 1. The second kappa shape index (κ2) is 7.35. The summed E-state index contributed by atoms with van der Waals surface area (Å²) in [5.41, 5.74) is 6.32. The number of aromatic nitrogens is 5. The monoisotopic (exact) mass is 386 g/mol. The van der Waals surface area contributed by atoms with E-state index >= 15 is 0 Å². The van der Waals surface area contributed by atoms with Gasteiger partial charge < -0.3 is 20.7 Å². The van der Waals surface area contributed by atoms with Gasteiger partial charge >= 0.3 is 0 Å². The van der Waals surface area contributed by atoms with Gasteiger partial charge in [0.15, 0.2) is 17.3 Å². The zero-order valence-corrected chi connectivity index (χ0v) is 15.2. The summed E-state index contributed by atoms with van der Waals surface area (Å²) in [6.07, 6.45) is 6.78. The molecular weight excluding hydrogens is 367 g/mol. The molecule has 1 saturated heterocycles. The van der Waals surface area contributed by atoms with Crippen molar-refractivity contribution in [1.82, 2.24) is 29.5 Å². The number of nitrogens with two attached hydrogens (primary N) is 1. The molecule has 4 rings (SSSR count). The molecule has 3 aromatic rings. The number of carbonyl (C=O) groups excluding carboxylic acids is 1. The van der Waals surface area contributed by atoms with Gasteiger partial charge in [0.25, 0.3) is 5.91 Å². The molecule has 3 aromatic heterocycles. The van der Waals surface area contributed by atoms with E-state index in [1.165, 1.54) is 12.5 Å². The third-order valence-electron chi connectivity index (χ3n) is 4.48. The van der Waals surface area contributed by atoms with Crippen LogP contribution in [-0.2, 0) is 0 Å². The van der Waals surface area contributed by atoms with E-state index in [0.29, 0.717) is 5.69 Å². The maximum Gasteiger partial charge on any atom is 0.263 e. The highest BCUT2D eigenvalue weighted by Gasteiger charge is 2.24. The third-order valence-corrected chi connectivity index (χ3v) is 4.48. The fraction of sp³-hybridized carbons (Fsp3) is 0.353.